The first-order valence-corrected chi connectivity index (χ1v) is 10.4. The second kappa shape index (κ2) is 9.04. The number of hydrogen-bond donors (Lipinski definition) is 2. The predicted molar refractivity (Wildman–Crippen MR) is 122 cm³/mol. The summed E-state index contributed by atoms with van der Waals surface area (Å²) < 4.78 is 5.45. The lowest BCUT2D eigenvalue weighted by Gasteiger charge is -2.27. The number of benzene rings is 2. The third-order valence-corrected chi connectivity index (χ3v) is 5.60. The molecule has 156 valence electrons. The van der Waals surface area contributed by atoms with E-state index in [1.807, 2.05) is 12.1 Å². The molecule has 3 aromatic rings. The van der Waals surface area contributed by atoms with E-state index in [1.54, 1.807) is 12.1 Å². The highest BCUT2D eigenvalue weighted by Gasteiger charge is 2.17. The molecule has 0 atom stereocenters. The SMILES string of the molecule is Cc1ccc(Nc2nc(Nc3ccc(Cl)c(Cl)c3)nc(N3CCOCC3)n2)cc1C. The van der Waals surface area contributed by atoms with E-state index < -0.39 is 0 Å². The van der Waals surface area contributed by atoms with Crippen molar-refractivity contribution in [3.63, 3.8) is 0 Å². The van der Waals surface area contributed by atoms with Crippen LogP contribution in [0.25, 0.3) is 0 Å². The maximum atomic E-state index is 6.14. The number of anilines is 5. The molecule has 2 heterocycles. The van der Waals surface area contributed by atoms with E-state index in [1.165, 1.54) is 11.1 Å². The summed E-state index contributed by atoms with van der Waals surface area (Å²) in [6, 6.07) is 11.4. The molecule has 2 N–H and O–H groups in total. The highest BCUT2D eigenvalue weighted by molar-refractivity contribution is 6.42. The monoisotopic (exact) mass is 444 g/mol. The van der Waals surface area contributed by atoms with Crippen molar-refractivity contribution in [2.45, 2.75) is 13.8 Å². The van der Waals surface area contributed by atoms with Gasteiger partial charge in [0.25, 0.3) is 0 Å². The molecule has 0 saturated carbocycles. The lowest BCUT2D eigenvalue weighted by atomic mass is 10.1. The van der Waals surface area contributed by atoms with Crippen LogP contribution in [0.15, 0.2) is 36.4 Å². The first-order chi connectivity index (χ1) is 14.5. The van der Waals surface area contributed by atoms with E-state index in [9.17, 15) is 0 Å². The minimum atomic E-state index is 0.413. The quantitative estimate of drug-likeness (QED) is 0.565. The number of morpholine rings is 1. The van der Waals surface area contributed by atoms with Crippen LogP contribution in [-0.4, -0.2) is 41.3 Å². The van der Waals surface area contributed by atoms with Crippen LogP contribution in [0.4, 0.5) is 29.2 Å². The van der Waals surface area contributed by atoms with Crippen LogP contribution in [0, 0.1) is 13.8 Å². The molecular formula is C21H22Cl2N6O. The van der Waals surface area contributed by atoms with Crippen molar-refractivity contribution in [1.29, 1.82) is 0 Å². The zero-order chi connectivity index (χ0) is 21.1. The molecule has 1 aliphatic rings. The fraction of sp³-hybridized carbons (Fsp3) is 0.286. The van der Waals surface area contributed by atoms with Gasteiger partial charge < -0.3 is 20.3 Å². The third-order valence-electron chi connectivity index (χ3n) is 4.86. The Labute approximate surface area is 185 Å². The van der Waals surface area contributed by atoms with Crippen LogP contribution in [0.5, 0.6) is 0 Å². The van der Waals surface area contributed by atoms with Crippen LogP contribution in [0.2, 0.25) is 10.0 Å². The third kappa shape index (κ3) is 4.92. The number of aryl methyl sites for hydroxylation is 2. The highest BCUT2D eigenvalue weighted by Crippen LogP contribution is 2.27. The van der Waals surface area contributed by atoms with E-state index in [0.717, 1.165) is 24.5 Å². The van der Waals surface area contributed by atoms with Gasteiger partial charge in [-0.05, 0) is 55.3 Å². The zero-order valence-corrected chi connectivity index (χ0v) is 18.3. The highest BCUT2D eigenvalue weighted by atomic mass is 35.5. The second-order valence-electron chi connectivity index (χ2n) is 7.06. The molecular weight excluding hydrogens is 423 g/mol. The summed E-state index contributed by atoms with van der Waals surface area (Å²) in [6.07, 6.45) is 0. The average molecular weight is 445 g/mol. The number of nitrogens with zero attached hydrogens (tertiary/aromatic N) is 4. The number of ether oxygens (including phenoxy) is 1. The van der Waals surface area contributed by atoms with Crippen LogP contribution in [0.3, 0.4) is 0 Å². The van der Waals surface area contributed by atoms with Gasteiger partial charge in [-0.3, -0.25) is 0 Å². The molecule has 0 amide bonds. The standard InChI is InChI=1S/C21H22Cl2N6O/c1-13-3-4-15(11-14(13)2)24-19-26-20(25-16-5-6-17(22)18(23)12-16)28-21(27-19)29-7-9-30-10-8-29/h3-6,11-12H,7-10H2,1-2H3,(H2,24,25,26,27,28). The van der Waals surface area contributed by atoms with Gasteiger partial charge in [-0.1, -0.05) is 29.3 Å². The molecule has 9 heteroatoms. The van der Waals surface area contributed by atoms with Gasteiger partial charge in [-0.15, -0.1) is 0 Å². The maximum Gasteiger partial charge on any atom is 0.233 e. The Hall–Kier alpha value is -2.61. The smallest absolute Gasteiger partial charge is 0.233 e. The number of hydrogen-bond acceptors (Lipinski definition) is 7. The van der Waals surface area contributed by atoms with E-state index in [2.05, 4.69) is 56.5 Å². The Bertz CT molecular complexity index is 984. The average Bonchev–Trinajstić information content (AvgIpc) is 2.74. The van der Waals surface area contributed by atoms with Crippen molar-refractivity contribution in [2.24, 2.45) is 0 Å². The van der Waals surface area contributed by atoms with Gasteiger partial charge in [0.2, 0.25) is 17.8 Å². The lowest BCUT2D eigenvalue weighted by Crippen LogP contribution is -2.37. The van der Waals surface area contributed by atoms with Crippen molar-refractivity contribution in [1.82, 2.24) is 15.0 Å². The molecule has 0 aliphatic carbocycles. The minimum absolute atomic E-state index is 0.413. The minimum Gasteiger partial charge on any atom is -0.378 e. The second-order valence-corrected chi connectivity index (χ2v) is 7.87. The van der Waals surface area contributed by atoms with Gasteiger partial charge >= 0.3 is 0 Å². The summed E-state index contributed by atoms with van der Waals surface area (Å²) in [6.45, 7) is 6.88. The van der Waals surface area contributed by atoms with Crippen LogP contribution in [-0.2, 0) is 4.74 Å². The zero-order valence-electron chi connectivity index (χ0n) is 16.7. The van der Waals surface area contributed by atoms with E-state index >= 15 is 0 Å². The van der Waals surface area contributed by atoms with Gasteiger partial charge in [0.05, 0.1) is 23.3 Å². The molecule has 1 aromatic heterocycles. The first-order valence-electron chi connectivity index (χ1n) is 9.63. The van der Waals surface area contributed by atoms with Crippen molar-refractivity contribution >= 4 is 52.4 Å². The normalized spacial score (nSPS) is 13.9. The summed E-state index contributed by atoms with van der Waals surface area (Å²) >= 11 is 12.2. The number of halogens is 2. The summed E-state index contributed by atoms with van der Waals surface area (Å²) in [7, 11) is 0. The molecule has 0 bridgehead atoms. The molecule has 1 saturated heterocycles. The molecule has 1 aliphatic heterocycles. The Morgan fingerprint density at radius 1 is 0.800 bits per heavy atom. The van der Waals surface area contributed by atoms with Gasteiger partial charge in [0.15, 0.2) is 0 Å². The fourth-order valence-electron chi connectivity index (χ4n) is 3.03. The molecule has 0 radical (unpaired) electrons. The van der Waals surface area contributed by atoms with Gasteiger partial charge in [-0.25, -0.2) is 0 Å². The molecule has 1 fully saturated rings. The predicted octanol–water partition coefficient (Wildman–Crippen LogP) is 5.12. The lowest BCUT2D eigenvalue weighted by molar-refractivity contribution is 0.122. The molecule has 30 heavy (non-hydrogen) atoms. The van der Waals surface area contributed by atoms with Crippen molar-refractivity contribution in [3.05, 3.63) is 57.6 Å². The Kier molecular flexibility index (Phi) is 6.22. The van der Waals surface area contributed by atoms with Crippen molar-refractivity contribution in [2.75, 3.05) is 41.8 Å². The van der Waals surface area contributed by atoms with Gasteiger partial charge in [0.1, 0.15) is 0 Å². The largest absolute Gasteiger partial charge is 0.378 e. The Balaban J connectivity index is 1.66. The summed E-state index contributed by atoms with van der Waals surface area (Å²) in [5.74, 6) is 1.45. The molecule has 0 unspecified atom stereocenters. The van der Waals surface area contributed by atoms with Crippen molar-refractivity contribution in [3.8, 4) is 0 Å². The summed E-state index contributed by atoms with van der Waals surface area (Å²) in [5.41, 5.74) is 4.07. The molecule has 4 rings (SSSR count). The van der Waals surface area contributed by atoms with Crippen LogP contribution in [0.1, 0.15) is 11.1 Å². The number of rotatable bonds is 5. The number of nitrogens with one attached hydrogen (secondary N) is 2. The summed E-state index contributed by atoms with van der Waals surface area (Å²) in [4.78, 5) is 15.9. The van der Waals surface area contributed by atoms with Crippen LogP contribution < -0.4 is 15.5 Å². The first kappa shape index (κ1) is 20.7. The van der Waals surface area contributed by atoms with Gasteiger partial charge in [-0.2, -0.15) is 15.0 Å². The number of aromatic nitrogens is 3. The Morgan fingerprint density at radius 3 is 2.07 bits per heavy atom. The van der Waals surface area contributed by atoms with E-state index in [0.29, 0.717) is 41.1 Å². The topological polar surface area (TPSA) is 75.2 Å². The van der Waals surface area contributed by atoms with Crippen LogP contribution >= 0.6 is 23.2 Å². The van der Waals surface area contributed by atoms with Crippen molar-refractivity contribution < 1.29 is 4.74 Å². The van der Waals surface area contributed by atoms with E-state index in [-0.39, 0.29) is 0 Å². The molecule has 7 nitrogen and oxygen atoms in total. The molecule has 2 aromatic carbocycles. The van der Waals surface area contributed by atoms with Gasteiger partial charge in [0, 0.05) is 24.5 Å². The summed E-state index contributed by atoms with van der Waals surface area (Å²) in [5, 5.41) is 7.43. The molecule has 0 spiro atoms. The maximum absolute atomic E-state index is 6.14. The van der Waals surface area contributed by atoms with E-state index in [4.69, 9.17) is 27.9 Å². The fourth-order valence-corrected chi connectivity index (χ4v) is 3.33. The Morgan fingerprint density at radius 2 is 1.43 bits per heavy atom.